The topological polar surface area (TPSA) is 122 Å². The summed E-state index contributed by atoms with van der Waals surface area (Å²) in [5, 5.41) is 13.0. The zero-order valence-corrected chi connectivity index (χ0v) is 19.8. The van der Waals surface area contributed by atoms with Crippen molar-refractivity contribution in [3.8, 4) is 22.7 Å². The van der Waals surface area contributed by atoms with E-state index in [4.69, 9.17) is 9.15 Å². The summed E-state index contributed by atoms with van der Waals surface area (Å²) in [6, 6.07) is 9.19. The Bertz CT molecular complexity index is 1130. The van der Waals surface area contributed by atoms with E-state index in [2.05, 4.69) is 25.8 Å². The lowest BCUT2D eigenvalue weighted by Crippen LogP contribution is -2.40. The second-order valence-electron chi connectivity index (χ2n) is 8.58. The van der Waals surface area contributed by atoms with Crippen LogP contribution in [0.3, 0.4) is 0 Å². The number of nitrogens with zero attached hydrogens (tertiary/aromatic N) is 2. The fourth-order valence-corrected chi connectivity index (χ4v) is 4.03. The number of benzene rings is 1. The minimum Gasteiger partial charge on any atom is -0.431 e. The van der Waals surface area contributed by atoms with Gasteiger partial charge in [0.25, 0.3) is 11.8 Å². The first-order valence-electron chi connectivity index (χ1n) is 11.8. The van der Waals surface area contributed by atoms with Crippen molar-refractivity contribution < 1.29 is 18.7 Å². The predicted octanol–water partition coefficient (Wildman–Crippen LogP) is 3.95. The van der Waals surface area contributed by atoms with Gasteiger partial charge in [0, 0.05) is 23.8 Å². The smallest absolute Gasteiger partial charge is 0.288 e. The molecule has 1 fully saturated rings. The van der Waals surface area contributed by atoms with Crippen molar-refractivity contribution in [2.45, 2.75) is 64.6 Å². The number of nitrogens with one attached hydrogen (secondary N) is 3. The number of rotatable bonds is 9. The molecule has 2 aromatic heterocycles. The van der Waals surface area contributed by atoms with Crippen LogP contribution in [0.2, 0.25) is 0 Å². The molecule has 2 unspecified atom stereocenters. The van der Waals surface area contributed by atoms with Crippen LogP contribution in [0.4, 0.5) is 0 Å². The molecule has 0 aliphatic carbocycles. The minimum absolute atomic E-state index is 0.0469. The van der Waals surface area contributed by atoms with Crippen LogP contribution in [0.1, 0.15) is 67.5 Å². The summed E-state index contributed by atoms with van der Waals surface area (Å²) >= 11 is 0. The van der Waals surface area contributed by atoms with Crippen molar-refractivity contribution in [1.82, 2.24) is 25.8 Å². The van der Waals surface area contributed by atoms with Gasteiger partial charge in [-0.05, 0) is 50.8 Å². The molecule has 0 saturated carbocycles. The van der Waals surface area contributed by atoms with Crippen LogP contribution >= 0.6 is 0 Å². The molecular formula is C25H31N5O4. The molecule has 2 atom stereocenters. The van der Waals surface area contributed by atoms with Gasteiger partial charge in [0.15, 0.2) is 0 Å². The molecule has 1 saturated heterocycles. The molecule has 1 aliphatic rings. The third-order valence-electron chi connectivity index (χ3n) is 6.16. The van der Waals surface area contributed by atoms with Gasteiger partial charge in [-0.15, -0.1) is 0 Å². The number of carbonyl (C=O) groups excluding carboxylic acids is 2. The van der Waals surface area contributed by atoms with Crippen molar-refractivity contribution in [1.29, 1.82) is 0 Å². The number of aromatic nitrogens is 3. The summed E-state index contributed by atoms with van der Waals surface area (Å²) in [7, 11) is 0. The van der Waals surface area contributed by atoms with Crippen molar-refractivity contribution in [2.24, 2.45) is 0 Å². The molecule has 1 aromatic carbocycles. The molecule has 0 spiro atoms. The van der Waals surface area contributed by atoms with Crippen LogP contribution in [-0.4, -0.2) is 51.8 Å². The van der Waals surface area contributed by atoms with Gasteiger partial charge in [-0.2, -0.15) is 5.10 Å². The average molecular weight is 466 g/mol. The summed E-state index contributed by atoms with van der Waals surface area (Å²) in [6.07, 6.45) is 5.15. The Morgan fingerprint density at radius 1 is 1.15 bits per heavy atom. The summed E-state index contributed by atoms with van der Waals surface area (Å²) in [5.41, 5.74) is 2.50. The number of H-pyrrole nitrogens is 1. The number of amides is 2. The summed E-state index contributed by atoms with van der Waals surface area (Å²) in [5.74, 6) is 0.0179. The van der Waals surface area contributed by atoms with Crippen LogP contribution in [0.5, 0.6) is 0 Å². The predicted molar refractivity (Wildman–Crippen MR) is 127 cm³/mol. The number of hydrogen-bond donors (Lipinski definition) is 3. The Balaban J connectivity index is 1.45. The molecule has 34 heavy (non-hydrogen) atoms. The molecule has 9 heteroatoms. The van der Waals surface area contributed by atoms with E-state index >= 15 is 0 Å². The van der Waals surface area contributed by atoms with Crippen LogP contribution in [0.25, 0.3) is 22.7 Å². The molecule has 180 valence electrons. The van der Waals surface area contributed by atoms with Crippen LogP contribution in [0.15, 0.2) is 40.9 Å². The minimum atomic E-state index is -0.274. The largest absolute Gasteiger partial charge is 0.431 e. The zero-order chi connectivity index (χ0) is 24.1. The highest BCUT2D eigenvalue weighted by Crippen LogP contribution is 2.26. The van der Waals surface area contributed by atoms with Gasteiger partial charge in [0.2, 0.25) is 11.7 Å². The van der Waals surface area contributed by atoms with Gasteiger partial charge in [-0.1, -0.05) is 26.0 Å². The Hall–Kier alpha value is -3.46. The van der Waals surface area contributed by atoms with Gasteiger partial charge in [-0.25, -0.2) is 4.98 Å². The van der Waals surface area contributed by atoms with E-state index in [1.54, 1.807) is 6.07 Å². The van der Waals surface area contributed by atoms with E-state index in [0.717, 1.165) is 37.9 Å². The number of oxazole rings is 1. The van der Waals surface area contributed by atoms with E-state index in [1.165, 1.54) is 6.20 Å². The first kappa shape index (κ1) is 23.7. The number of hydrogen-bond acceptors (Lipinski definition) is 6. The fourth-order valence-electron chi connectivity index (χ4n) is 4.03. The summed E-state index contributed by atoms with van der Waals surface area (Å²) < 4.78 is 11.4. The molecule has 0 bridgehead atoms. The molecular weight excluding hydrogens is 434 g/mol. The maximum atomic E-state index is 12.6. The van der Waals surface area contributed by atoms with E-state index in [9.17, 15) is 9.59 Å². The highest BCUT2D eigenvalue weighted by Gasteiger charge is 2.24. The number of aromatic amines is 1. The highest BCUT2D eigenvalue weighted by atomic mass is 16.5. The van der Waals surface area contributed by atoms with Crippen molar-refractivity contribution in [3.05, 3.63) is 48.0 Å². The lowest BCUT2D eigenvalue weighted by molar-refractivity contribution is 0.0709. The van der Waals surface area contributed by atoms with Gasteiger partial charge in [0.1, 0.15) is 5.69 Å². The van der Waals surface area contributed by atoms with Gasteiger partial charge >= 0.3 is 0 Å². The van der Waals surface area contributed by atoms with Crippen molar-refractivity contribution >= 4 is 11.8 Å². The Morgan fingerprint density at radius 2 is 1.94 bits per heavy atom. The maximum absolute atomic E-state index is 12.6. The first-order chi connectivity index (χ1) is 16.5. The third kappa shape index (κ3) is 5.36. The van der Waals surface area contributed by atoms with Crippen molar-refractivity contribution in [3.63, 3.8) is 0 Å². The van der Waals surface area contributed by atoms with E-state index in [1.807, 2.05) is 45.0 Å². The monoisotopic (exact) mass is 465 g/mol. The van der Waals surface area contributed by atoms with E-state index < -0.39 is 0 Å². The molecule has 3 aromatic rings. The number of ether oxygens (including phenoxy) is 1. The van der Waals surface area contributed by atoms with Crippen LogP contribution < -0.4 is 10.6 Å². The molecule has 3 N–H and O–H groups in total. The SMILES string of the molecule is CCC(CC)NC(=O)c1cnc(-c2cccc(-c3cc(C(=O)NC(C)C4CCCO4)[nH]n3)c2)o1. The molecule has 0 radical (unpaired) electrons. The first-order valence-corrected chi connectivity index (χ1v) is 11.8. The Morgan fingerprint density at radius 3 is 2.68 bits per heavy atom. The summed E-state index contributed by atoms with van der Waals surface area (Å²) in [4.78, 5) is 29.3. The molecule has 3 heterocycles. The fraction of sp³-hybridized carbons (Fsp3) is 0.440. The second-order valence-corrected chi connectivity index (χ2v) is 8.58. The lowest BCUT2D eigenvalue weighted by Gasteiger charge is -2.19. The van der Waals surface area contributed by atoms with E-state index in [-0.39, 0.29) is 35.8 Å². The average Bonchev–Trinajstić information content (AvgIpc) is 3.64. The maximum Gasteiger partial charge on any atom is 0.288 e. The van der Waals surface area contributed by atoms with Gasteiger partial charge < -0.3 is 19.8 Å². The van der Waals surface area contributed by atoms with Gasteiger partial charge in [0.05, 0.1) is 24.0 Å². The van der Waals surface area contributed by atoms with Crippen LogP contribution in [0, 0.1) is 0 Å². The highest BCUT2D eigenvalue weighted by molar-refractivity contribution is 5.93. The van der Waals surface area contributed by atoms with Crippen molar-refractivity contribution in [2.75, 3.05) is 6.61 Å². The van der Waals surface area contributed by atoms with Gasteiger partial charge in [-0.3, -0.25) is 14.7 Å². The molecule has 2 amide bonds. The normalized spacial score (nSPS) is 16.5. The molecule has 4 rings (SSSR count). The Labute approximate surface area is 198 Å². The van der Waals surface area contributed by atoms with E-state index in [0.29, 0.717) is 22.8 Å². The summed E-state index contributed by atoms with van der Waals surface area (Å²) in [6.45, 7) is 6.75. The second kappa shape index (κ2) is 10.6. The standard InChI is InChI=1S/C25H31N5O4/c1-4-18(5-2)28-24(32)22-14-26-25(34-22)17-9-6-8-16(12-17)19-13-20(30-29-19)23(31)27-15(3)21-10-7-11-33-21/h6,8-9,12-15,18,21H,4-5,7,10-11H2,1-3H3,(H,27,31)(H,28,32)(H,29,30). The van der Waals surface area contributed by atoms with Crippen LogP contribution in [-0.2, 0) is 4.74 Å². The zero-order valence-electron chi connectivity index (χ0n) is 19.8. The molecule has 1 aliphatic heterocycles. The number of carbonyl (C=O) groups is 2. The third-order valence-corrected chi connectivity index (χ3v) is 6.16. The Kier molecular flexibility index (Phi) is 7.42. The quantitative estimate of drug-likeness (QED) is 0.440. The molecule has 9 nitrogen and oxygen atoms in total. The lowest BCUT2D eigenvalue weighted by atomic mass is 10.1.